The van der Waals surface area contributed by atoms with E-state index in [1.807, 2.05) is 12.3 Å². The van der Waals surface area contributed by atoms with Crippen molar-refractivity contribution in [2.45, 2.75) is 36.2 Å². The van der Waals surface area contributed by atoms with E-state index in [1.54, 1.807) is 0 Å². The van der Waals surface area contributed by atoms with E-state index in [1.165, 1.54) is 22.9 Å². The van der Waals surface area contributed by atoms with E-state index in [4.69, 9.17) is 0 Å². The second-order valence-corrected chi connectivity index (χ2v) is 7.62. The maximum Gasteiger partial charge on any atom is 0.0708 e. The molecule has 2 aliphatic heterocycles. The van der Waals surface area contributed by atoms with Gasteiger partial charge in [-0.3, -0.25) is 9.19 Å². The van der Waals surface area contributed by atoms with E-state index < -0.39 is 10.8 Å². The van der Waals surface area contributed by atoms with Crippen LogP contribution in [-0.4, -0.2) is 19.7 Å². The molecule has 1 aromatic heterocycles. The molecular formula is C17H17NOS. The molecule has 20 heavy (non-hydrogen) atoms. The zero-order valence-electron chi connectivity index (χ0n) is 11.3. The van der Waals surface area contributed by atoms with Gasteiger partial charge in [0.15, 0.2) is 0 Å². The van der Waals surface area contributed by atoms with Crippen LogP contribution in [0.5, 0.6) is 0 Å². The Morgan fingerprint density at radius 3 is 2.95 bits per heavy atom. The molecule has 1 fully saturated rings. The first-order valence-corrected chi connectivity index (χ1v) is 8.55. The SMILES string of the molecule is O=S1C2C=C(c3ccnc4ccccc34)CC1CCC2. The maximum atomic E-state index is 12.3. The average Bonchev–Trinajstić information content (AvgIpc) is 2.46. The van der Waals surface area contributed by atoms with Crippen LogP contribution in [-0.2, 0) is 10.8 Å². The van der Waals surface area contributed by atoms with Crippen LogP contribution in [0.2, 0.25) is 0 Å². The quantitative estimate of drug-likeness (QED) is 0.799. The molecule has 2 bridgehead atoms. The molecule has 3 heterocycles. The summed E-state index contributed by atoms with van der Waals surface area (Å²) in [6.45, 7) is 0. The van der Waals surface area contributed by atoms with Gasteiger partial charge >= 0.3 is 0 Å². The summed E-state index contributed by atoms with van der Waals surface area (Å²) in [6, 6.07) is 10.4. The highest BCUT2D eigenvalue weighted by atomic mass is 32.2. The second kappa shape index (κ2) is 4.81. The van der Waals surface area contributed by atoms with E-state index >= 15 is 0 Å². The summed E-state index contributed by atoms with van der Waals surface area (Å²) in [6.07, 6.45) is 8.53. The number of allylic oxidation sites excluding steroid dienone is 1. The van der Waals surface area contributed by atoms with Crippen molar-refractivity contribution in [2.75, 3.05) is 0 Å². The molecular weight excluding hydrogens is 266 g/mol. The molecule has 0 N–H and O–H groups in total. The van der Waals surface area contributed by atoms with Crippen LogP contribution in [0.1, 0.15) is 31.2 Å². The van der Waals surface area contributed by atoms with Gasteiger partial charge in [0.2, 0.25) is 0 Å². The molecule has 2 nitrogen and oxygen atoms in total. The van der Waals surface area contributed by atoms with Gasteiger partial charge in [-0.1, -0.05) is 30.7 Å². The van der Waals surface area contributed by atoms with Gasteiger partial charge < -0.3 is 0 Å². The minimum Gasteiger partial charge on any atom is -0.259 e. The van der Waals surface area contributed by atoms with Crippen LogP contribution >= 0.6 is 0 Å². The third-order valence-corrected chi connectivity index (χ3v) is 6.50. The van der Waals surface area contributed by atoms with Crippen molar-refractivity contribution in [1.82, 2.24) is 4.98 Å². The fraction of sp³-hybridized carbons (Fsp3) is 0.353. The summed E-state index contributed by atoms with van der Waals surface area (Å²) in [7, 11) is -0.656. The molecule has 102 valence electrons. The van der Waals surface area contributed by atoms with Crippen molar-refractivity contribution in [2.24, 2.45) is 0 Å². The number of rotatable bonds is 1. The first-order valence-electron chi connectivity index (χ1n) is 7.27. The van der Waals surface area contributed by atoms with Gasteiger partial charge in [0.25, 0.3) is 0 Å². The van der Waals surface area contributed by atoms with Gasteiger partial charge in [-0.2, -0.15) is 0 Å². The molecule has 2 aromatic rings. The van der Waals surface area contributed by atoms with Gasteiger partial charge in [-0.25, -0.2) is 0 Å². The van der Waals surface area contributed by atoms with Crippen LogP contribution in [0.15, 0.2) is 42.6 Å². The minimum absolute atomic E-state index is 0.268. The number of pyridine rings is 1. The fourth-order valence-corrected chi connectivity index (χ4v) is 5.41. The Bertz CT molecular complexity index is 717. The summed E-state index contributed by atoms with van der Waals surface area (Å²) in [5.41, 5.74) is 3.70. The number of hydrogen-bond acceptors (Lipinski definition) is 2. The zero-order chi connectivity index (χ0) is 13.5. The number of fused-ring (bicyclic) bond motifs is 3. The Morgan fingerprint density at radius 2 is 2.05 bits per heavy atom. The normalized spacial score (nSPS) is 29.2. The van der Waals surface area contributed by atoms with E-state index in [0.29, 0.717) is 5.25 Å². The van der Waals surface area contributed by atoms with Gasteiger partial charge in [0.1, 0.15) is 0 Å². The molecule has 2 aliphatic rings. The van der Waals surface area contributed by atoms with Crippen LogP contribution in [0.4, 0.5) is 0 Å². The summed E-state index contributed by atoms with van der Waals surface area (Å²) >= 11 is 0. The van der Waals surface area contributed by atoms with Gasteiger partial charge in [0, 0.05) is 27.6 Å². The largest absolute Gasteiger partial charge is 0.259 e. The first-order chi connectivity index (χ1) is 9.83. The molecule has 0 spiro atoms. The molecule has 4 rings (SSSR count). The van der Waals surface area contributed by atoms with Crippen LogP contribution in [0, 0.1) is 0 Å². The van der Waals surface area contributed by atoms with E-state index in [9.17, 15) is 4.21 Å². The smallest absolute Gasteiger partial charge is 0.0708 e. The lowest BCUT2D eigenvalue weighted by molar-refractivity contribution is 0.579. The minimum atomic E-state index is -0.656. The van der Waals surface area contributed by atoms with Crippen molar-refractivity contribution in [1.29, 1.82) is 0 Å². The Labute approximate surface area is 121 Å². The maximum absolute atomic E-state index is 12.3. The van der Waals surface area contributed by atoms with Crippen LogP contribution in [0.3, 0.4) is 0 Å². The summed E-state index contributed by atoms with van der Waals surface area (Å²) in [5, 5.41) is 1.84. The molecule has 3 heteroatoms. The van der Waals surface area contributed by atoms with Crippen molar-refractivity contribution in [3.63, 3.8) is 0 Å². The standard InChI is InChI=1S/C17H17NOS/c19-20-13-4-3-5-14(20)11-12(10-13)15-8-9-18-17-7-2-1-6-16(15)17/h1-2,6-10,13-14H,3-5,11H2. The number of aromatic nitrogens is 1. The summed E-state index contributed by atoms with van der Waals surface area (Å²) < 4.78 is 12.3. The Kier molecular flexibility index (Phi) is 2.95. The summed E-state index contributed by atoms with van der Waals surface area (Å²) in [4.78, 5) is 4.44. The van der Waals surface area contributed by atoms with Crippen molar-refractivity contribution >= 4 is 27.3 Å². The highest BCUT2D eigenvalue weighted by Crippen LogP contribution is 2.38. The van der Waals surface area contributed by atoms with Crippen molar-refractivity contribution in [3.05, 3.63) is 48.2 Å². The fourth-order valence-electron chi connectivity index (χ4n) is 3.47. The third-order valence-electron chi connectivity index (χ3n) is 4.47. The van der Waals surface area contributed by atoms with Gasteiger partial charge in [-0.15, -0.1) is 0 Å². The molecule has 1 aromatic carbocycles. The Hall–Kier alpha value is -1.48. The first kappa shape index (κ1) is 12.3. The Balaban J connectivity index is 1.86. The predicted molar refractivity (Wildman–Crippen MR) is 83.9 cm³/mol. The second-order valence-electron chi connectivity index (χ2n) is 5.69. The molecule has 1 saturated heterocycles. The van der Waals surface area contributed by atoms with Crippen molar-refractivity contribution in [3.8, 4) is 0 Å². The van der Waals surface area contributed by atoms with E-state index in [0.717, 1.165) is 24.8 Å². The van der Waals surface area contributed by atoms with Crippen LogP contribution < -0.4 is 0 Å². The summed E-state index contributed by atoms with van der Waals surface area (Å²) in [5.74, 6) is 0. The Morgan fingerprint density at radius 1 is 1.15 bits per heavy atom. The molecule has 0 radical (unpaired) electrons. The predicted octanol–water partition coefficient (Wildman–Crippen LogP) is 3.69. The molecule has 0 amide bonds. The highest BCUT2D eigenvalue weighted by molar-refractivity contribution is 7.86. The zero-order valence-corrected chi connectivity index (χ0v) is 12.1. The van der Waals surface area contributed by atoms with Crippen molar-refractivity contribution < 1.29 is 4.21 Å². The monoisotopic (exact) mass is 283 g/mol. The topological polar surface area (TPSA) is 30.0 Å². The number of nitrogens with zero attached hydrogens (tertiary/aromatic N) is 1. The molecule has 3 unspecified atom stereocenters. The lowest BCUT2D eigenvalue weighted by atomic mass is 9.92. The number of hydrogen-bond donors (Lipinski definition) is 0. The number of benzene rings is 1. The molecule has 0 aliphatic carbocycles. The van der Waals surface area contributed by atoms with E-state index in [2.05, 4.69) is 35.3 Å². The third kappa shape index (κ3) is 1.92. The van der Waals surface area contributed by atoms with E-state index in [-0.39, 0.29) is 5.25 Å². The van der Waals surface area contributed by atoms with Crippen LogP contribution in [0.25, 0.3) is 16.5 Å². The average molecular weight is 283 g/mol. The van der Waals surface area contributed by atoms with Gasteiger partial charge in [-0.05, 0) is 42.5 Å². The molecule has 0 saturated carbocycles. The highest BCUT2D eigenvalue weighted by Gasteiger charge is 2.33. The molecule has 3 atom stereocenters. The lowest BCUT2D eigenvalue weighted by Gasteiger charge is -2.33. The number of para-hydroxylation sites is 1. The van der Waals surface area contributed by atoms with Gasteiger partial charge in [0.05, 0.1) is 10.8 Å². The lowest BCUT2D eigenvalue weighted by Crippen LogP contribution is -2.33.